The van der Waals surface area contributed by atoms with Gasteiger partial charge in [0.1, 0.15) is 0 Å². The van der Waals surface area contributed by atoms with Crippen molar-refractivity contribution in [3.63, 3.8) is 0 Å². The number of nitrogens with one attached hydrogen (secondary N) is 2. The first-order valence-electron chi connectivity index (χ1n) is 6.01. The molecule has 1 aliphatic heterocycles. The molecule has 5 heteroatoms. The van der Waals surface area contributed by atoms with E-state index in [0.29, 0.717) is 12.5 Å². The Kier molecular flexibility index (Phi) is 6.12. The van der Waals surface area contributed by atoms with E-state index < -0.39 is 0 Å². The SMILES string of the molecule is CN(CCC(=O)Nc1ccccc1)C1CNC1.Cl. The van der Waals surface area contributed by atoms with Gasteiger partial charge in [0.2, 0.25) is 5.91 Å². The predicted octanol–water partition coefficient (Wildman–Crippen LogP) is 1.34. The molecule has 0 saturated carbocycles. The van der Waals surface area contributed by atoms with Crippen LogP contribution in [0.2, 0.25) is 0 Å². The molecule has 0 unspecified atom stereocenters. The Labute approximate surface area is 114 Å². The summed E-state index contributed by atoms with van der Waals surface area (Å²) in [6.07, 6.45) is 0.544. The molecule has 4 nitrogen and oxygen atoms in total. The van der Waals surface area contributed by atoms with Crippen LogP contribution in [0.15, 0.2) is 30.3 Å². The molecule has 1 aromatic rings. The van der Waals surface area contributed by atoms with Crippen molar-refractivity contribution in [2.45, 2.75) is 12.5 Å². The van der Waals surface area contributed by atoms with Crippen molar-refractivity contribution < 1.29 is 4.79 Å². The third kappa shape index (κ3) is 4.29. The van der Waals surface area contributed by atoms with E-state index in [1.165, 1.54) is 0 Å². The van der Waals surface area contributed by atoms with Crippen molar-refractivity contribution in [1.29, 1.82) is 0 Å². The number of carbonyl (C=O) groups is 1. The van der Waals surface area contributed by atoms with Gasteiger partial charge in [-0.15, -0.1) is 12.4 Å². The van der Waals surface area contributed by atoms with Crippen LogP contribution in [-0.2, 0) is 4.79 Å². The van der Waals surface area contributed by atoms with Crippen molar-refractivity contribution in [2.24, 2.45) is 0 Å². The Morgan fingerprint density at radius 1 is 1.39 bits per heavy atom. The van der Waals surface area contributed by atoms with Crippen molar-refractivity contribution >= 4 is 24.0 Å². The maximum absolute atomic E-state index is 11.7. The summed E-state index contributed by atoms with van der Waals surface area (Å²) in [5.41, 5.74) is 0.866. The first kappa shape index (κ1) is 15.0. The van der Waals surface area contributed by atoms with E-state index in [-0.39, 0.29) is 18.3 Å². The van der Waals surface area contributed by atoms with Gasteiger partial charge in [0.25, 0.3) is 0 Å². The zero-order valence-electron chi connectivity index (χ0n) is 10.6. The molecule has 0 aliphatic carbocycles. The van der Waals surface area contributed by atoms with Gasteiger partial charge in [-0.2, -0.15) is 0 Å². The van der Waals surface area contributed by atoms with Gasteiger partial charge in [0.05, 0.1) is 0 Å². The highest BCUT2D eigenvalue weighted by atomic mass is 35.5. The molecular weight excluding hydrogens is 250 g/mol. The molecule has 100 valence electrons. The highest BCUT2D eigenvalue weighted by Crippen LogP contribution is 2.07. The van der Waals surface area contributed by atoms with Crippen LogP contribution in [0.25, 0.3) is 0 Å². The predicted molar refractivity (Wildman–Crippen MR) is 76.2 cm³/mol. The highest BCUT2D eigenvalue weighted by Gasteiger charge is 2.21. The number of hydrogen-bond donors (Lipinski definition) is 2. The summed E-state index contributed by atoms with van der Waals surface area (Å²) in [6, 6.07) is 10.2. The number of carbonyl (C=O) groups excluding carboxylic acids is 1. The average Bonchev–Trinajstić information content (AvgIpc) is 2.25. The van der Waals surface area contributed by atoms with Crippen molar-refractivity contribution in [3.8, 4) is 0 Å². The van der Waals surface area contributed by atoms with Crippen LogP contribution in [0.5, 0.6) is 0 Å². The normalized spacial score (nSPS) is 14.8. The minimum Gasteiger partial charge on any atom is -0.326 e. The van der Waals surface area contributed by atoms with Gasteiger partial charge in [-0.1, -0.05) is 18.2 Å². The minimum atomic E-state index is 0. The number of halogens is 1. The van der Waals surface area contributed by atoms with Crippen LogP contribution in [0.4, 0.5) is 5.69 Å². The summed E-state index contributed by atoms with van der Waals surface area (Å²) < 4.78 is 0. The molecule has 1 amide bonds. The molecule has 2 N–H and O–H groups in total. The van der Waals surface area contributed by atoms with Gasteiger partial charge < -0.3 is 15.5 Å². The van der Waals surface area contributed by atoms with Gasteiger partial charge in [-0.05, 0) is 19.2 Å². The molecule has 1 aromatic carbocycles. The first-order valence-corrected chi connectivity index (χ1v) is 6.01. The molecule has 1 saturated heterocycles. The zero-order chi connectivity index (χ0) is 12.1. The molecular formula is C13H20ClN3O. The number of rotatable bonds is 5. The molecule has 0 aromatic heterocycles. The van der Waals surface area contributed by atoms with Crippen molar-refractivity contribution in [3.05, 3.63) is 30.3 Å². The number of amides is 1. The lowest BCUT2D eigenvalue weighted by molar-refractivity contribution is -0.116. The van der Waals surface area contributed by atoms with E-state index in [4.69, 9.17) is 0 Å². The Morgan fingerprint density at radius 3 is 2.61 bits per heavy atom. The van der Waals surface area contributed by atoms with Gasteiger partial charge in [-0.3, -0.25) is 4.79 Å². The van der Waals surface area contributed by atoms with E-state index in [1.807, 2.05) is 30.3 Å². The van der Waals surface area contributed by atoms with Crippen LogP contribution in [0, 0.1) is 0 Å². The molecule has 0 atom stereocenters. The standard InChI is InChI=1S/C13H19N3O.ClH/c1-16(12-9-14-10-12)8-7-13(17)15-11-5-3-2-4-6-11;/h2-6,12,14H,7-10H2,1H3,(H,15,17);1H. The lowest BCUT2D eigenvalue weighted by Crippen LogP contribution is -2.56. The van der Waals surface area contributed by atoms with Crippen molar-refractivity contribution in [2.75, 3.05) is 32.0 Å². The van der Waals surface area contributed by atoms with E-state index >= 15 is 0 Å². The van der Waals surface area contributed by atoms with E-state index in [1.54, 1.807) is 0 Å². The van der Waals surface area contributed by atoms with Crippen LogP contribution < -0.4 is 10.6 Å². The minimum absolute atomic E-state index is 0. The molecule has 1 aliphatic rings. The third-order valence-electron chi connectivity index (χ3n) is 3.13. The number of hydrogen-bond acceptors (Lipinski definition) is 3. The lowest BCUT2D eigenvalue weighted by Gasteiger charge is -2.35. The Hall–Kier alpha value is -1.10. The summed E-state index contributed by atoms with van der Waals surface area (Å²) in [5, 5.41) is 6.12. The third-order valence-corrected chi connectivity index (χ3v) is 3.13. The Bertz CT molecular complexity index is 368. The maximum Gasteiger partial charge on any atom is 0.225 e. The van der Waals surface area contributed by atoms with Crippen molar-refractivity contribution in [1.82, 2.24) is 10.2 Å². The number of anilines is 1. The van der Waals surface area contributed by atoms with E-state index in [9.17, 15) is 4.79 Å². The van der Waals surface area contributed by atoms with E-state index in [2.05, 4.69) is 22.6 Å². The van der Waals surface area contributed by atoms with E-state index in [0.717, 1.165) is 25.3 Å². The smallest absolute Gasteiger partial charge is 0.225 e. The average molecular weight is 270 g/mol. The Balaban J connectivity index is 0.00000162. The molecule has 0 radical (unpaired) electrons. The molecule has 1 fully saturated rings. The molecule has 0 spiro atoms. The molecule has 18 heavy (non-hydrogen) atoms. The molecule has 1 heterocycles. The van der Waals surface area contributed by atoms with Gasteiger partial charge >= 0.3 is 0 Å². The summed E-state index contributed by atoms with van der Waals surface area (Å²) in [6.45, 7) is 2.89. The van der Waals surface area contributed by atoms with Crippen LogP contribution in [-0.4, -0.2) is 43.5 Å². The summed E-state index contributed by atoms with van der Waals surface area (Å²) >= 11 is 0. The fraction of sp³-hybridized carbons (Fsp3) is 0.462. The topological polar surface area (TPSA) is 44.4 Å². The Morgan fingerprint density at radius 2 is 2.06 bits per heavy atom. The summed E-state index contributed by atoms with van der Waals surface area (Å²) in [4.78, 5) is 13.9. The lowest BCUT2D eigenvalue weighted by atomic mass is 10.1. The maximum atomic E-state index is 11.7. The van der Waals surface area contributed by atoms with Gasteiger partial charge in [-0.25, -0.2) is 0 Å². The van der Waals surface area contributed by atoms with Crippen LogP contribution >= 0.6 is 12.4 Å². The largest absolute Gasteiger partial charge is 0.326 e. The monoisotopic (exact) mass is 269 g/mol. The number of likely N-dealkylation sites (N-methyl/N-ethyl adjacent to an activating group) is 1. The molecule has 0 bridgehead atoms. The molecule has 2 rings (SSSR count). The second kappa shape index (κ2) is 7.36. The fourth-order valence-corrected chi connectivity index (χ4v) is 1.79. The van der Waals surface area contributed by atoms with Crippen LogP contribution in [0.3, 0.4) is 0 Å². The second-order valence-electron chi connectivity index (χ2n) is 4.46. The fourth-order valence-electron chi connectivity index (χ4n) is 1.79. The first-order chi connectivity index (χ1) is 8.25. The highest BCUT2D eigenvalue weighted by molar-refractivity contribution is 5.90. The van der Waals surface area contributed by atoms with Crippen LogP contribution in [0.1, 0.15) is 6.42 Å². The second-order valence-corrected chi connectivity index (χ2v) is 4.46. The number of nitrogens with zero attached hydrogens (tertiary/aromatic N) is 1. The summed E-state index contributed by atoms with van der Waals surface area (Å²) in [5.74, 6) is 0.0790. The number of para-hydroxylation sites is 1. The summed E-state index contributed by atoms with van der Waals surface area (Å²) in [7, 11) is 2.07. The number of benzene rings is 1. The quantitative estimate of drug-likeness (QED) is 0.848. The zero-order valence-corrected chi connectivity index (χ0v) is 11.4. The van der Waals surface area contributed by atoms with Gasteiger partial charge in [0, 0.05) is 37.8 Å². The van der Waals surface area contributed by atoms with Gasteiger partial charge in [0.15, 0.2) is 0 Å².